The van der Waals surface area contributed by atoms with Crippen LogP contribution in [0, 0.1) is 0 Å². The van der Waals surface area contributed by atoms with Crippen LogP contribution in [-0.4, -0.2) is 28.6 Å². The Morgan fingerprint density at radius 2 is 1.67 bits per heavy atom. The Hall–Kier alpha value is -1.12. The average Bonchev–Trinajstić information content (AvgIpc) is 2.43. The van der Waals surface area contributed by atoms with E-state index < -0.39 is 28.6 Å². The Bertz CT molecular complexity index is 643. The van der Waals surface area contributed by atoms with Gasteiger partial charge in [0.2, 0.25) is 16.6 Å². The molecule has 0 aliphatic rings. The van der Waals surface area contributed by atoms with Gasteiger partial charge in [0, 0.05) is 0 Å². The van der Waals surface area contributed by atoms with Crippen molar-refractivity contribution in [1.29, 1.82) is 0 Å². The maximum atomic E-state index is 12.1. The highest BCUT2D eigenvalue weighted by Gasteiger charge is 2.24. The molecule has 118 valence electrons. The third kappa shape index (κ3) is 7.45. The molecule has 0 saturated carbocycles. The number of carbonyl (C=O) groups is 1. The first-order chi connectivity index (χ1) is 11.1. The third-order valence-electron chi connectivity index (χ3n) is 2.20. The standard InChI is InChI=1S/C15H27NO3Si2/c1-20(2,3)18-13-9-7-12(8-10-13)11-14(16)15(17)19-21(4,5)6/h7-10,14H,11,16H2,1-6H3/i7D,8D,9D,10D. The summed E-state index contributed by atoms with van der Waals surface area (Å²) in [5.74, 6) is -0.630. The molecule has 4 nitrogen and oxygen atoms in total. The van der Waals surface area contributed by atoms with Gasteiger partial charge < -0.3 is 14.6 Å². The fraction of sp³-hybridized carbons (Fsp3) is 0.533. The minimum atomic E-state index is -2.10. The van der Waals surface area contributed by atoms with Gasteiger partial charge in [-0.05, 0) is 63.4 Å². The SMILES string of the molecule is [2H]c1c([2H])c(O[Si](C)(C)C)c([2H])c([2H])c1CC(N)C(=O)O[Si](C)(C)C. The van der Waals surface area contributed by atoms with Gasteiger partial charge in [-0.25, -0.2) is 0 Å². The van der Waals surface area contributed by atoms with E-state index in [0.29, 0.717) is 0 Å². The zero-order valence-corrected chi connectivity index (χ0v) is 15.6. The second kappa shape index (κ2) is 6.76. The zero-order chi connectivity index (χ0) is 19.7. The van der Waals surface area contributed by atoms with Crippen molar-refractivity contribution in [3.8, 4) is 5.75 Å². The van der Waals surface area contributed by atoms with Gasteiger partial charge in [0.1, 0.15) is 11.8 Å². The first kappa shape index (κ1) is 12.4. The van der Waals surface area contributed by atoms with Crippen LogP contribution in [0.4, 0.5) is 0 Å². The molecule has 21 heavy (non-hydrogen) atoms. The van der Waals surface area contributed by atoms with Gasteiger partial charge in [-0.3, -0.25) is 4.79 Å². The molecule has 1 atom stereocenters. The van der Waals surface area contributed by atoms with Crippen LogP contribution in [0.5, 0.6) is 5.75 Å². The van der Waals surface area contributed by atoms with E-state index in [-0.39, 0.29) is 41.9 Å². The van der Waals surface area contributed by atoms with E-state index in [4.69, 9.17) is 20.1 Å². The summed E-state index contributed by atoms with van der Waals surface area (Å²) in [5, 5.41) is 0. The first-order valence-electron chi connectivity index (χ1n) is 8.90. The largest absolute Gasteiger partial charge is 0.544 e. The normalized spacial score (nSPS) is 16.3. The molecule has 0 spiro atoms. The summed E-state index contributed by atoms with van der Waals surface area (Å²) in [6, 6.07) is -1.99. The van der Waals surface area contributed by atoms with Gasteiger partial charge >= 0.3 is 5.97 Å². The lowest BCUT2D eigenvalue weighted by Crippen LogP contribution is -2.40. The first-order valence-corrected chi connectivity index (χ1v) is 13.7. The summed E-state index contributed by atoms with van der Waals surface area (Å²) in [6.07, 6.45) is -0.119. The number of nitrogens with two attached hydrogens (primary N) is 1. The van der Waals surface area contributed by atoms with Crippen molar-refractivity contribution < 1.29 is 19.1 Å². The van der Waals surface area contributed by atoms with Crippen molar-refractivity contribution in [3.63, 3.8) is 0 Å². The van der Waals surface area contributed by atoms with Crippen molar-refractivity contribution >= 4 is 22.6 Å². The Kier molecular flexibility index (Phi) is 4.00. The molecular formula is C15H27NO3Si2. The lowest BCUT2D eigenvalue weighted by molar-refractivity contribution is -0.136. The Balaban J connectivity index is 3.20. The second-order valence-corrected chi connectivity index (χ2v) is 15.7. The maximum absolute atomic E-state index is 12.1. The van der Waals surface area contributed by atoms with Crippen molar-refractivity contribution in [3.05, 3.63) is 29.7 Å². The highest BCUT2D eigenvalue weighted by Crippen LogP contribution is 2.17. The molecule has 0 bridgehead atoms. The molecule has 0 heterocycles. The van der Waals surface area contributed by atoms with Crippen LogP contribution in [0.25, 0.3) is 0 Å². The number of benzene rings is 1. The van der Waals surface area contributed by atoms with Gasteiger partial charge in [-0.1, -0.05) is 12.1 Å². The molecule has 6 heteroatoms. The fourth-order valence-electron chi connectivity index (χ4n) is 1.47. The summed E-state index contributed by atoms with van der Waals surface area (Å²) in [6.45, 7) is 11.3. The lowest BCUT2D eigenvalue weighted by Gasteiger charge is -2.21. The number of hydrogen-bond acceptors (Lipinski definition) is 4. The summed E-state index contributed by atoms with van der Waals surface area (Å²) in [5.41, 5.74) is 5.96. The topological polar surface area (TPSA) is 61.5 Å². The monoisotopic (exact) mass is 329 g/mol. The summed E-state index contributed by atoms with van der Waals surface area (Å²) in [7, 11) is -4.20. The molecule has 0 fully saturated rings. The molecule has 0 aliphatic heterocycles. The van der Waals surface area contributed by atoms with Gasteiger partial charge in [0.05, 0.1) is 5.48 Å². The molecule has 1 aromatic carbocycles. The van der Waals surface area contributed by atoms with Crippen LogP contribution in [0.3, 0.4) is 0 Å². The molecule has 1 unspecified atom stereocenters. The predicted molar refractivity (Wildman–Crippen MR) is 91.5 cm³/mol. The van der Waals surface area contributed by atoms with Gasteiger partial charge in [-0.2, -0.15) is 0 Å². The lowest BCUT2D eigenvalue weighted by atomic mass is 10.1. The Morgan fingerprint density at radius 3 is 2.10 bits per heavy atom. The molecule has 1 rings (SSSR count). The minimum absolute atomic E-state index is 0.0452. The minimum Gasteiger partial charge on any atom is -0.544 e. The molecule has 0 radical (unpaired) electrons. The summed E-state index contributed by atoms with van der Waals surface area (Å²) < 4.78 is 43.5. The van der Waals surface area contributed by atoms with E-state index >= 15 is 0 Å². The Labute approximate surface area is 135 Å². The highest BCUT2D eigenvalue weighted by atomic mass is 28.4. The molecule has 2 N–H and O–H groups in total. The zero-order valence-electron chi connectivity index (χ0n) is 17.6. The van der Waals surface area contributed by atoms with Gasteiger partial charge in [0.25, 0.3) is 0 Å². The predicted octanol–water partition coefficient (Wildman–Crippen LogP) is 3.15. The van der Waals surface area contributed by atoms with E-state index in [9.17, 15) is 4.79 Å². The number of carbonyl (C=O) groups excluding carboxylic acids is 1. The van der Waals surface area contributed by atoms with E-state index in [1.165, 1.54) is 0 Å². The van der Waals surface area contributed by atoms with Crippen LogP contribution in [0.1, 0.15) is 11.0 Å². The molecule has 0 amide bonds. The molecule has 0 saturated heterocycles. The van der Waals surface area contributed by atoms with E-state index in [1.54, 1.807) is 0 Å². The average molecular weight is 330 g/mol. The fourth-order valence-corrected chi connectivity index (χ4v) is 2.94. The van der Waals surface area contributed by atoms with Crippen molar-refractivity contribution in [2.45, 2.75) is 51.7 Å². The third-order valence-corrected chi connectivity index (χ3v) is 3.83. The van der Waals surface area contributed by atoms with E-state index in [1.807, 2.05) is 39.3 Å². The number of hydrogen-bond donors (Lipinski definition) is 1. The van der Waals surface area contributed by atoms with Gasteiger partial charge in [-0.15, -0.1) is 0 Å². The van der Waals surface area contributed by atoms with Gasteiger partial charge in [0.15, 0.2) is 0 Å². The Morgan fingerprint density at radius 1 is 1.14 bits per heavy atom. The van der Waals surface area contributed by atoms with Crippen molar-refractivity contribution in [2.24, 2.45) is 5.73 Å². The van der Waals surface area contributed by atoms with Crippen LogP contribution < -0.4 is 10.2 Å². The second-order valence-electron chi connectivity index (χ2n) is 6.87. The van der Waals surface area contributed by atoms with Crippen LogP contribution >= 0.6 is 0 Å². The molecule has 1 aromatic rings. The smallest absolute Gasteiger partial charge is 0.309 e. The summed E-state index contributed by atoms with van der Waals surface area (Å²) in [4.78, 5) is 12.1. The molecular weight excluding hydrogens is 298 g/mol. The summed E-state index contributed by atoms with van der Waals surface area (Å²) >= 11 is 0. The van der Waals surface area contributed by atoms with Crippen LogP contribution in [-0.2, 0) is 15.6 Å². The van der Waals surface area contributed by atoms with Crippen molar-refractivity contribution in [2.75, 3.05) is 0 Å². The molecule has 0 aromatic heterocycles. The van der Waals surface area contributed by atoms with Crippen LogP contribution in [0.15, 0.2) is 24.2 Å². The highest BCUT2D eigenvalue weighted by molar-refractivity contribution is 6.71. The molecule has 0 aliphatic carbocycles. The van der Waals surface area contributed by atoms with E-state index in [2.05, 4.69) is 0 Å². The maximum Gasteiger partial charge on any atom is 0.309 e. The number of rotatable bonds is 6. The van der Waals surface area contributed by atoms with Crippen LogP contribution in [0.2, 0.25) is 39.3 Å². The van der Waals surface area contributed by atoms with Crippen molar-refractivity contribution in [1.82, 2.24) is 0 Å². The quantitative estimate of drug-likeness (QED) is 0.814. The van der Waals surface area contributed by atoms with E-state index in [0.717, 1.165) is 0 Å².